The smallest absolute Gasteiger partial charge is 0.250 e. The first-order chi connectivity index (χ1) is 6.30. The Balaban J connectivity index is 2.31. The lowest BCUT2D eigenvalue weighted by Crippen LogP contribution is -2.23. The fourth-order valence-corrected chi connectivity index (χ4v) is 1.66. The normalized spacial score (nSPS) is 22.5. The van der Waals surface area contributed by atoms with Gasteiger partial charge >= 0.3 is 0 Å². The van der Waals surface area contributed by atoms with E-state index in [-0.39, 0.29) is 5.91 Å². The van der Waals surface area contributed by atoms with Crippen LogP contribution in [0, 0.1) is 0 Å². The molecule has 3 heteroatoms. The predicted molar refractivity (Wildman–Crippen MR) is 49.8 cm³/mol. The Morgan fingerprint density at radius 2 is 1.46 bits per heavy atom. The Morgan fingerprint density at radius 1 is 0.923 bits per heavy atom. The zero-order chi connectivity index (χ0) is 9.52. The van der Waals surface area contributed by atoms with Crippen molar-refractivity contribution in [3.05, 3.63) is 0 Å². The number of hydrogen-bond acceptors (Lipinski definition) is 1. The molecule has 0 aliphatic carbocycles. The lowest BCUT2D eigenvalue weighted by atomic mass is 10.1. The molecule has 0 aromatic carbocycles. The number of carbonyl (C=O) groups is 1. The van der Waals surface area contributed by atoms with Crippen molar-refractivity contribution in [2.45, 2.75) is 51.4 Å². The molecule has 0 aromatic heterocycles. The van der Waals surface area contributed by atoms with Gasteiger partial charge in [-0.3, -0.25) is 4.79 Å². The largest absolute Gasteiger partial charge is 0.272 e. The first-order valence-corrected chi connectivity index (χ1v) is 5.27. The summed E-state index contributed by atoms with van der Waals surface area (Å²) < 4.78 is 12.9. The van der Waals surface area contributed by atoms with Gasteiger partial charge in [0.15, 0.2) is 0 Å². The molecule has 76 valence electrons. The second kappa shape index (κ2) is 5.95. The van der Waals surface area contributed by atoms with Gasteiger partial charge in [-0.25, -0.2) is 0 Å². The molecule has 1 heterocycles. The van der Waals surface area contributed by atoms with Crippen LogP contribution in [-0.4, -0.2) is 17.6 Å². The number of carbonyl (C=O) groups excluding carboxylic acids is 1. The van der Waals surface area contributed by atoms with Crippen LogP contribution in [-0.2, 0) is 4.79 Å². The van der Waals surface area contributed by atoms with Crippen molar-refractivity contribution in [1.82, 2.24) is 5.12 Å². The highest BCUT2D eigenvalue weighted by molar-refractivity contribution is 5.74. The minimum absolute atomic E-state index is 0.291. The third kappa shape index (κ3) is 4.25. The van der Waals surface area contributed by atoms with E-state index in [1.807, 2.05) is 0 Å². The van der Waals surface area contributed by atoms with E-state index in [2.05, 4.69) is 0 Å². The second-order valence-corrected chi connectivity index (χ2v) is 3.70. The standard InChI is InChI=1S/C10H18FNO/c11-12-9-7-5-3-1-2-4-6-8-10(12)13/h1-9H2. The van der Waals surface area contributed by atoms with Gasteiger partial charge in [0.25, 0.3) is 0 Å². The number of rotatable bonds is 0. The van der Waals surface area contributed by atoms with Crippen molar-refractivity contribution in [2.75, 3.05) is 6.54 Å². The number of halogens is 1. The van der Waals surface area contributed by atoms with Crippen molar-refractivity contribution < 1.29 is 9.28 Å². The zero-order valence-corrected chi connectivity index (χ0v) is 8.10. The third-order valence-corrected chi connectivity index (χ3v) is 2.52. The van der Waals surface area contributed by atoms with Crippen LogP contribution in [0.3, 0.4) is 0 Å². The van der Waals surface area contributed by atoms with Gasteiger partial charge in [0.2, 0.25) is 5.91 Å². The molecule has 0 unspecified atom stereocenters. The van der Waals surface area contributed by atoms with Gasteiger partial charge in [-0.15, -0.1) is 0 Å². The van der Waals surface area contributed by atoms with Crippen molar-refractivity contribution in [1.29, 1.82) is 0 Å². The van der Waals surface area contributed by atoms with Gasteiger partial charge in [-0.05, 0) is 12.8 Å². The Morgan fingerprint density at radius 3 is 2.15 bits per heavy atom. The van der Waals surface area contributed by atoms with Crippen LogP contribution in [0.5, 0.6) is 0 Å². The highest BCUT2D eigenvalue weighted by Gasteiger charge is 2.12. The molecule has 13 heavy (non-hydrogen) atoms. The third-order valence-electron chi connectivity index (χ3n) is 2.52. The lowest BCUT2D eigenvalue weighted by molar-refractivity contribution is -0.146. The van der Waals surface area contributed by atoms with Crippen LogP contribution in [0.4, 0.5) is 4.48 Å². The van der Waals surface area contributed by atoms with Crippen LogP contribution in [0.2, 0.25) is 0 Å². The van der Waals surface area contributed by atoms with Gasteiger partial charge in [0, 0.05) is 6.42 Å². The average molecular weight is 187 g/mol. The Bertz CT molecular complexity index is 161. The van der Waals surface area contributed by atoms with Crippen LogP contribution >= 0.6 is 0 Å². The SMILES string of the molecule is O=C1CCCCCCCCCN1F. The molecule has 2 nitrogen and oxygen atoms in total. The number of nitrogens with zero attached hydrogens (tertiary/aromatic N) is 1. The Labute approximate surface area is 79.0 Å². The summed E-state index contributed by atoms with van der Waals surface area (Å²) in [7, 11) is 0. The summed E-state index contributed by atoms with van der Waals surface area (Å²) in [5, 5.41) is 0.394. The summed E-state index contributed by atoms with van der Waals surface area (Å²) in [6, 6.07) is 0. The monoisotopic (exact) mass is 187 g/mol. The zero-order valence-electron chi connectivity index (χ0n) is 8.10. The molecule has 0 radical (unpaired) electrons. The summed E-state index contributed by atoms with van der Waals surface area (Å²) in [5.74, 6) is -0.332. The quantitative estimate of drug-likeness (QED) is 0.534. The molecule has 1 aliphatic heterocycles. The maximum atomic E-state index is 12.9. The Hall–Kier alpha value is -0.600. The predicted octanol–water partition coefficient (Wildman–Crippen LogP) is 2.83. The second-order valence-electron chi connectivity index (χ2n) is 3.70. The van der Waals surface area contributed by atoms with Gasteiger partial charge in [0.05, 0.1) is 6.54 Å². The molecule has 0 N–H and O–H groups in total. The molecule has 0 aromatic rings. The summed E-state index contributed by atoms with van der Waals surface area (Å²) in [4.78, 5) is 11.1. The van der Waals surface area contributed by atoms with Gasteiger partial charge in [0.1, 0.15) is 0 Å². The Kier molecular flexibility index (Phi) is 4.79. The van der Waals surface area contributed by atoms with E-state index in [0.29, 0.717) is 18.1 Å². The van der Waals surface area contributed by atoms with E-state index in [9.17, 15) is 9.28 Å². The fourth-order valence-electron chi connectivity index (χ4n) is 1.66. The average Bonchev–Trinajstić information content (AvgIpc) is 2.16. The van der Waals surface area contributed by atoms with E-state index in [4.69, 9.17) is 0 Å². The van der Waals surface area contributed by atoms with Crippen LogP contribution < -0.4 is 0 Å². The van der Waals surface area contributed by atoms with Crippen molar-refractivity contribution in [3.63, 3.8) is 0 Å². The molecule has 1 saturated heterocycles. The molecule has 1 amide bonds. The van der Waals surface area contributed by atoms with Gasteiger partial charge in [-0.1, -0.05) is 36.6 Å². The van der Waals surface area contributed by atoms with E-state index < -0.39 is 0 Å². The number of amides is 1. The summed E-state index contributed by atoms with van der Waals surface area (Å²) in [5.41, 5.74) is 0. The maximum Gasteiger partial charge on any atom is 0.250 e. The minimum Gasteiger partial charge on any atom is -0.272 e. The summed E-state index contributed by atoms with van der Waals surface area (Å²) in [6.07, 6.45) is 7.77. The van der Waals surface area contributed by atoms with E-state index >= 15 is 0 Å². The van der Waals surface area contributed by atoms with Gasteiger partial charge in [-0.2, -0.15) is 5.12 Å². The van der Waals surface area contributed by atoms with E-state index in [1.165, 1.54) is 19.3 Å². The van der Waals surface area contributed by atoms with E-state index in [0.717, 1.165) is 25.7 Å². The molecule has 1 aliphatic rings. The molecular formula is C10H18FNO. The van der Waals surface area contributed by atoms with Crippen molar-refractivity contribution >= 4 is 5.91 Å². The molecule has 0 atom stereocenters. The molecule has 0 bridgehead atoms. The topological polar surface area (TPSA) is 20.3 Å². The summed E-state index contributed by atoms with van der Waals surface area (Å²) in [6.45, 7) is 0.291. The molecule has 1 fully saturated rings. The van der Waals surface area contributed by atoms with Crippen LogP contribution in [0.15, 0.2) is 0 Å². The maximum absolute atomic E-state index is 12.9. The van der Waals surface area contributed by atoms with Crippen molar-refractivity contribution in [3.8, 4) is 0 Å². The summed E-state index contributed by atoms with van der Waals surface area (Å²) >= 11 is 0. The van der Waals surface area contributed by atoms with E-state index in [1.54, 1.807) is 0 Å². The molecule has 0 spiro atoms. The first kappa shape index (κ1) is 10.5. The minimum atomic E-state index is -0.332. The molecule has 1 rings (SSSR count). The van der Waals surface area contributed by atoms with Crippen LogP contribution in [0.25, 0.3) is 0 Å². The highest BCUT2D eigenvalue weighted by atomic mass is 19.2. The molecule has 0 saturated carbocycles. The first-order valence-electron chi connectivity index (χ1n) is 5.27. The lowest BCUT2D eigenvalue weighted by Gasteiger charge is -2.10. The fraction of sp³-hybridized carbons (Fsp3) is 0.900. The highest BCUT2D eigenvalue weighted by Crippen LogP contribution is 2.12. The molecular weight excluding hydrogens is 169 g/mol. The van der Waals surface area contributed by atoms with Gasteiger partial charge < -0.3 is 0 Å². The van der Waals surface area contributed by atoms with Crippen molar-refractivity contribution in [2.24, 2.45) is 0 Å². The number of hydrogen-bond donors (Lipinski definition) is 0. The van der Waals surface area contributed by atoms with Crippen LogP contribution in [0.1, 0.15) is 51.4 Å².